The standard InChI is InChI=1S/C26H30N2O6/c1-32-22-8-3-5-19(11-22)13-27-14-23(34-17-18-9-10-18)15-28(16-24(27)29)25(30)20-6-4-7-21(12-20)26(31)33-2/h3-8,11-12,18,23H,9-10,13-17H2,1-2H3. The molecule has 0 bridgehead atoms. The molecule has 8 nitrogen and oxygen atoms in total. The van der Waals surface area contributed by atoms with E-state index in [-0.39, 0.29) is 30.0 Å². The first-order valence-electron chi connectivity index (χ1n) is 11.5. The fraction of sp³-hybridized carbons (Fsp3) is 0.423. The number of hydrogen-bond donors (Lipinski definition) is 0. The molecule has 0 N–H and O–H groups in total. The topological polar surface area (TPSA) is 85.4 Å². The number of nitrogens with zero attached hydrogens (tertiary/aromatic N) is 2. The predicted octanol–water partition coefficient (Wildman–Crippen LogP) is 2.76. The lowest BCUT2D eigenvalue weighted by atomic mass is 10.1. The van der Waals surface area contributed by atoms with Gasteiger partial charge in [-0.15, -0.1) is 0 Å². The Balaban J connectivity index is 1.53. The fourth-order valence-electron chi connectivity index (χ4n) is 4.02. The Bertz CT molecular complexity index is 1050. The summed E-state index contributed by atoms with van der Waals surface area (Å²) in [4.78, 5) is 41.7. The van der Waals surface area contributed by atoms with E-state index in [1.54, 1.807) is 30.2 Å². The number of esters is 1. The molecule has 1 saturated heterocycles. The Morgan fingerprint density at radius 2 is 1.76 bits per heavy atom. The molecule has 2 fully saturated rings. The lowest BCUT2D eigenvalue weighted by Crippen LogP contribution is -2.39. The Morgan fingerprint density at radius 3 is 2.50 bits per heavy atom. The maximum absolute atomic E-state index is 13.3. The molecular formula is C26H30N2O6. The van der Waals surface area contributed by atoms with Gasteiger partial charge in [0.2, 0.25) is 5.91 Å². The molecule has 1 aliphatic carbocycles. The van der Waals surface area contributed by atoms with E-state index >= 15 is 0 Å². The van der Waals surface area contributed by atoms with Gasteiger partial charge in [0, 0.05) is 31.8 Å². The van der Waals surface area contributed by atoms with E-state index in [1.807, 2.05) is 24.3 Å². The molecule has 180 valence electrons. The van der Waals surface area contributed by atoms with Crippen molar-refractivity contribution in [3.05, 3.63) is 65.2 Å². The molecule has 0 spiro atoms. The zero-order valence-electron chi connectivity index (χ0n) is 19.6. The molecule has 4 rings (SSSR count). The van der Waals surface area contributed by atoms with Crippen molar-refractivity contribution >= 4 is 17.8 Å². The van der Waals surface area contributed by atoms with Gasteiger partial charge in [-0.1, -0.05) is 18.2 Å². The molecule has 0 aromatic heterocycles. The van der Waals surface area contributed by atoms with Gasteiger partial charge >= 0.3 is 5.97 Å². The summed E-state index contributed by atoms with van der Waals surface area (Å²) in [6.07, 6.45) is 2.01. The van der Waals surface area contributed by atoms with Crippen molar-refractivity contribution in [2.24, 2.45) is 5.92 Å². The summed E-state index contributed by atoms with van der Waals surface area (Å²) in [5, 5.41) is 0. The van der Waals surface area contributed by atoms with Crippen LogP contribution in [0.2, 0.25) is 0 Å². The van der Waals surface area contributed by atoms with Gasteiger partial charge in [0.25, 0.3) is 5.91 Å². The second kappa shape index (κ2) is 10.7. The minimum absolute atomic E-state index is 0.0610. The molecule has 1 aliphatic heterocycles. The van der Waals surface area contributed by atoms with Crippen LogP contribution in [0.15, 0.2) is 48.5 Å². The Morgan fingerprint density at radius 1 is 1.00 bits per heavy atom. The molecule has 8 heteroatoms. The van der Waals surface area contributed by atoms with Crippen LogP contribution in [0.3, 0.4) is 0 Å². The van der Waals surface area contributed by atoms with Crippen LogP contribution in [-0.2, 0) is 20.8 Å². The highest BCUT2D eigenvalue weighted by atomic mass is 16.5. The van der Waals surface area contributed by atoms with Crippen LogP contribution >= 0.6 is 0 Å². The summed E-state index contributed by atoms with van der Waals surface area (Å²) in [7, 11) is 2.90. The summed E-state index contributed by atoms with van der Waals surface area (Å²) in [6.45, 7) is 1.67. The molecule has 2 amide bonds. The lowest BCUT2D eigenvalue weighted by Gasteiger charge is -2.25. The van der Waals surface area contributed by atoms with Crippen LogP contribution in [0, 0.1) is 5.92 Å². The van der Waals surface area contributed by atoms with Gasteiger partial charge in [0.15, 0.2) is 0 Å². The maximum atomic E-state index is 13.3. The van der Waals surface area contributed by atoms with E-state index in [0.717, 1.165) is 24.2 Å². The Labute approximate surface area is 199 Å². The highest BCUT2D eigenvalue weighted by Gasteiger charge is 2.33. The first kappa shape index (κ1) is 23.8. The Hall–Kier alpha value is -3.39. The van der Waals surface area contributed by atoms with Crippen LogP contribution in [0.1, 0.15) is 39.1 Å². The van der Waals surface area contributed by atoms with Crippen molar-refractivity contribution in [2.75, 3.05) is 40.5 Å². The third-order valence-electron chi connectivity index (χ3n) is 6.12. The molecular weight excluding hydrogens is 436 g/mol. The van der Waals surface area contributed by atoms with E-state index in [1.165, 1.54) is 18.1 Å². The quantitative estimate of drug-likeness (QED) is 0.556. The number of carbonyl (C=O) groups is 3. The summed E-state index contributed by atoms with van der Waals surface area (Å²) in [5.74, 6) is 0.298. The molecule has 2 aromatic carbocycles. The smallest absolute Gasteiger partial charge is 0.337 e. The van der Waals surface area contributed by atoms with Gasteiger partial charge in [-0.05, 0) is 54.7 Å². The van der Waals surface area contributed by atoms with Crippen molar-refractivity contribution in [3.8, 4) is 5.75 Å². The van der Waals surface area contributed by atoms with Gasteiger partial charge in [0.1, 0.15) is 12.3 Å². The van der Waals surface area contributed by atoms with Crippen molar-refractivity contribution in [3.63, 3.8) is 0 Å². The third-order valence-corrected chi connectivity index (χ3v) is 6.12. The van der Waals surface area contributed by atoms with Gasteiger partial charge in [-0.3, -0.25) is 9.59 Å². The first-order valence-corrected chi connectivity index (χ1v) is 11.5. The van der Waals surface area contributed by atoms with Crippen LogP contribution < -0.4 is 4.74 Å². The first-order chi connectivity index (χ1) is 16.5. The van der Waals surface area contributed by atoms with E-state index < -0.39 is 5.97 Å². The number of methoxy groups -OCH3 is 2. The highest BCUT2D eigenvalue weighted by molar-refractivity contribution is 5.99. The van der Waals surface area contributed by atoms with E-state index in [0.29, 0.717) is 37.7 Å². The Kier molecular flexibility index (Phi) is 7.47. The monoisotopic (exact) mass is 466 g/mol. The van der Waals surface area contributed by atoms with Gasteiger partial charge in [-0.2, -0.15) is 0 Å². The maximum Gasteiger partial charge on any atom is 0.337 e. The number of ether oxygens (including phenoxy) is 3. The van der Waals surface area contributed by atoms with Crippen molar-refractivity contribution in [1.29, 1.82) is 0 Å². The molecule has 2 aliphatic rings. The second-order valence-corrected chi connectivity index (χ2v) is 8.78. The molecule has 0 radical (unpaired) electrons. The summed E-state index contributed by atoms with van der Waals surface area (Å²) in [5.41, 5.74) is 1.56. The van der Waals surface area contributed by atoms with Gasteiger partial charge in [0.05, 0.1) is 25.9 Å². The van der Waals surface area contributed by atoms with Crippen LogP contribution in [0.25, 0.3) is 0 Å². The van der Waals surface area contributed by atoms with Crippen molar-refractivity contribution in [1.82, 2.24) is 9.80 Å². The van der Waals surface area contributed by atoms with E-state index in [2.05, 4.69) is 0 Å². The minimum atomic E-state index is -0.517. The number of amides is 2. The number of benzene rings is 2. The second-order valence-electron chi connectivity index (χ2n) is 8.78. The largest absolute Gasteiger partial charge is 0.497 e. The van der Waals surface area contributed by atoms with Crippen LogP contribution in [0.5, 0.6) is 5.75 Å². The lowest BCUT2D eigenvalue weighted by molar-refractivity contribution is -0.132. The average molecular weight is 467 g/mol. The SMILES string of the molecule is COC(=O)c1cccc(C(=O)N2CC(=O)N(Cc3cccc(OC)c3)CC(OCC3CC3)C2)c1. The molecule has 2 aromatic rings. The highest BCUT2D eigenvalue weighted by Crippen LogP contribution is 2.29. The van der Waals surface area contributed by atoms with Crippen LogP contribution in [-0.4, -0.2) is 74.1 Å². The average Bonchev–Trinajstić information content (AvgIpc) is 3.70. The van der Waals surface area contributed by atoms with Crippen molar-refractivity contribution in [2.45, 2.75) is 25.5 Å². The zero-order chi connectivity index (χ0) is 24.1. The molecule has 34 heavy (non-hydrogen) atoms. The van der Waals surface area contributed by atoms with E-state index in [4.69, 9.17) is 14.2 Å². The summed E-state index contributed by atoms with van der Waals surface area (Å²) in [6, 6.07) is 14.0. The number of hydrogen-bond acceptors (Lipinski definition) is 6. The number of rotatable bonds is 8. The zero-order valence-corrected chi connectivity index (χ0v) is 19.6. The van der Waals surface area contributed by atoms with E-state index in [9.17, 15) is 14.4 Å². The fourth-order valence-corrected chi connectivity index (χ4v) is 4.02. The normalized spacial score (nSPS) is 18.4. The minimum Gasteiger partial charge on any atom is -0.497 e. The molecule has 1 atom stereocenters. The summed E-state index contributed by atoms with van der Waals surface area (Å²) >= 11 is 0. The summed E-state index contributed by atoms with van der Waals surface area (Å²) < 4.78 is 16.2. The van der Waals surface area contributed by atoms with Gasteiger partial charge < -0.3 is 24.0 Å². The van der Waals surface area contributed by atoms with Crippen LogP contribution in [0.4, 0.5) is 0 Å². The molecule has 1 saturated carbocycles. The third kappa shape index (κ3) is 5.94. The predicted molar refractivity (Wildman–Crippen MR) is 125 cm³/mol. The number of carbonyl (C=O) groups excluding carboxylic acids is 3. The van der Waals surface area contributed by atoms with Crippen molar-refractivity contribution < 1.29 is 28.6 Å². The molecule has 1 unspecified atom stereocenters. The van der Waals surface area contributed by atoms with Gasteiger partial charge in [-0.25, -0.2) is 4.79 Å². The molecule has 1 heterocycles.